The fraction of sp³-hybridized carbons (Fsp3) is 0.400. The Morgan fingerprint density at radius 3 is 2.40 bits per heavy atom. The summed E-state index contributed by atoms with van der Waals surface area (Å²) in [5, 5.41) is 0. The molecule has 0 aliphatic rings. The first kappa shape index (κ1) is 19.1. The van der Waals surface area contributed by atoms with Gasteiger partial charge in [0.05, 0.1) is 20.3 Å². The van der Waals surface area contributed by atoms with E-state index in [1.54, 1.807) is 13.2 Å². The zero-order valence-electron chi connectivity index (χ0n) is 15.0. The van der Waals surface area contributed by atoms with Gasteiger partial charge in [-0.3, -0.25) is 0 Å². The molecule has 2 aromatic rings. The van der Waals surface area contributed by atoms with Crippen molar-refractivity contribution in [2.24, 2.45) is 5.73 Å². The van der Waals surface area contributed by atoms with E-state index in [4.69, 9.17) is 19.9 Å². The maximum absolute atomic E-state index is 13.7. The Morgan fingerprint density at radius 1 is 1.00 bits per heavy atom. The minimum absolute atomic E-state index is 0.0807. The Balaban J connectivity index is 2.34. The molecule has 0 spiro atoms. The van der Waals surface area contributed by atoms with E-state index in [0.717, 1.165) is 22.6 Å². The van der Waals surface area contributed by atoms with Gasteiger partial charge in [-0.25, -0.2) is 4.39 Å². The SMILES string of the molecule is CCOc1ccc(CC(CN)c2cc(F)ccc2OC)c(OCC)c1. The van der Waals surface area contributed by atoms with E-state index in [0.29, 0.717) is 31.9 Å². The topological polar surface area (TPSA) is 53.7 Å². The molecule has 0 saturated carbocycles. The van der Waals surface area contributed by atoms with Crippen LogP contribution in [0.15, 0.2) is 36.4 Å². The van der Waals surface area contributed by atoms with Crippen molar-refractivity contribution >= 4 is 0 Å². The highest BCUT2D eigenvalue weighted by Crippen LogP contribution is 2.33. The summed E-state index contributed by atoms with van der Waals surface area (Å²) in [5.74, 6) is 1.79. The second-order valence-corrected chi connectivity index (χ2v) is 5.66. The maximum Gasteiger partial charge on any atom is 0.126 e. The Hall–Kier alpha value is -2.27. The molecule has 0 saturated heterocycles. The molecule has 5 heteroatoms. The lowest BCUT2D eigenvalue weighted by Crippen LogP contribution is -2.17. The molecule has 136 valence electrons. The van der Waals surface area contributed by atoms with Gasteiger partial charge in [0.1, 0.15) is 23.1 Å². The van der Waals surface area contributed by atoms with E-state index in [-0.39, 0.29) is 11.7 Å². The fourth-order valence-electron chi connectivity index (χ4n) is 2.86. The molecule has 25 heavy (non-hydrogen) atoms. The van der Waals surface area contributed by atoms with Gasteiger partial charge in [-0.05, 0) is 56.6 Å². The van der Waals surface area contributed by atoms with E-state index in [2.05, 4.69) is 0 Å². The van der Waals surface area contributed by atoms with Gasteiger partial charge in [0.25, 0.3) is 0 Å². The van der Waals surface area contributed by atoms with Gasteiger partial charge >= 0.3 is 0 Å². The summed E-state index contributed by atoms with van der Waals surface area (Å²) in [6.45, 7) is 5.40. The van der Waals surface area contributed by atoms with Crippen LogP contribution in [0.25, 0.3) is 0 Å². The minimum Gasteiger partial charge on any atom is -0.496 e. The Labute approximate surface area is 148 Å². The van der Waals surface area contributed by atoms with Crippen molar-refractivity contribution in [3.63, 3.8) is 0 Å². The van der Waals surface area contributed by atoms with Gasteiger partial charge in [-0.15, -0.1) is 0 Å². The molecule has 0 amide bonds. The molecule has 1 atom stereocenters. The minimum atomic E-state index is -0.300. The van der Waals surface area contributed by atoms with Crippen LogP contribution in [0.2, 0.25) is 0 Å². The van der Waals surface area contributed by atoms with Crippen LogP contribution in [0, 0.1) is 5.82 Å². The highest BCUT2D eigenvalue weighted by Gasteiger charge is 2.19. The summed E-state index contributed by atoms with van der Waals surface area (Å²) >= 11 is 0. The van der Waals surface area contributed by atoms with Crippen molar-refractivity contribution in [3.8, 4) is 17.2 Å². The summed E-state index contributed by atoms with van der Waals surface area (Å²) in [6.07, 6.45) is 0.623. The lowest BCUT2D eigenvalue weighted by Gasteiger charge is -2.20. The number of rotatable bonds is 9. The number of methoxy groups -OCH3 is 1. The molecule has 0 heterocycles. The molecule has 0 fully saturated rings. The third kappa shape index (κ3) is 4.86. The number of halogens is 1. The van der Waals surface area contributed by atoms with Crippen LogP contribution < -0.4 is 19.9 Å². The largest absolute Gasteiger partial charge is 0.496 e. The van der Waals surface area contributed by atoms with Gasteiger partial charge in [0.2, 0.25) is 0 Å². The van der Waals surface area contributed by atoms with Crippen molar-refractivity contribution in [1.82, 2.24) is 0 Å². The monoisotopic (exact) mass is 347 g/mol. The highest BCUT2D eigenvalue weighted by molar-refractivity contribution is 5.44. The molecule has 4 nitrogen and oxygen atoms in total. The van der Waals surface area contributed by atoms with E-state index >= 15 is 0 Å². The summed E-state index contributed by atoms with van der Waals surface area (Å²) < 4.78 is 30.4. The fourth-order valence-corrected chi connectivity index (χ4v) is 2.86. The Bertz CT molecular complexity index is 691. The van der Waals surface area contributed by atoms with Gasteiger partial charge in [-0.2, -0.15) is 0 Å². The maximum atomic E-state index is 13.7. The van der Waals surface area contributed by atoms with E-state index in [1.165, 1.54) is 12.1 Å². The molecule has 1 unspecified atom stereocenters. The molecule has 2 rings (SSSR count). The number of ether oxygens (including phenoxy) is 3. The summed E-state index contributed by atoms with van der Waals surface area (Å²) in [5.41, 5.74) is 7.76. The number of benzene rings is 2. The number of nitrogens with two attached hydrogens (primary N) is 1. The molecule has 0 radical (unpaired) electrons. The average molecular weight is 347 g/mol. The smallest absolute Gasteiger partial charge is 0.126 e. The Kier molecular flexibility index (Phi) is 7.07. The van der Waals surface area contributed by atoms with Crippen molar-refractivity contribution in [3.05, 3.63) is 53.3 Å². The third-order valence-corrected chi connectivity index (χ3v) is 4.03. The third-order valence-electron chi connectivity index (χ3n) is 4.03. The van der Waals surface area contributed by atoms with E-state index < -0.39 is 0 Å². The quantitative estimate of drug-likeness (QED) is 0.747. The zero-order valence-corrected chi connectivity index (χ0v) is 15.0. The van der Waals surface area contributed by atoms with Crippen LogP contribution in [0.5, 0.6) is 17.2 Å². The normalized spacial score (nSPS) is 11.9. The number of hydrogen-bond donors (Lipinski definition) is 1. The van der Waals surface area contributed by atoms with Crippen molar-refractivity contribution in [1.29, 1.82) is 0 Å². The Morgan fingerprint density at radius 2 is 1.76 bits per heavy atom. The van der Waals surface area contributed by atoms with Crippen molar-refractivity contribution in [2.75, 3.05) is 26.9 Å². The van der Waals surface area contributed by atoms with E-state index in [9.17, 15) is 4.39 Å². The van der Waals surface area contributed by atoms with Crippen molar-refractivity contribution < 1.29 is 18.6 Å². The van der Waals surface area contributed by atoms with Crippen LogP contribution in [-0.4, -0.2) is 26.9 Å². The molecule has 0 bridgehead atoms. The van der Waals surface area contributed by atoms with Gasteiger partial charge in [0, 0.05) is 17.5 Å². The average Bonchev–Trinajstić information content (AvgIpc) is 2.61. The van der Waals surface area contributed by atoms with Crippen LogP contribution in [0.1, 0.15) is 30.9 Å². The molecule has 2 aromatic carbocycles. The van der Waals surface area contributed by atoms with Crippen LogP contribution in [0.4, 0.5) is 4.39 Å². The van der Waals surface area contributed by atoms with E-state index in [1.807, 2.05) is 32.0 Å². The summed E-state index contributed by atoms with van der Waals surface area (Å²) in [6, 6.07) is 10.3. The zero-order chi connectivity index (χ0) is 18.2. The lowest BCUT2D eigenvalue weighted by atomic mass is 9.90. The van der Waals surface area contributed by atoms with Gasteiger partial charge in [0.15, 0.2) is 0 Å². The van der Waals surface area contributed by atoms with Gasteiger partial charge in [-0.1, -0.05) is 6.07 Å². The summed E-state index contributed by atoms with van der Waals surface area (Å²) in [4.78, 5) is 0. The molecule has 0 aromatic heterocycles. The molecule has 0 aliphatic heterocycles. The first-order valence-electron chi connectivity index (χ1n) is 8.54. The standard InChI is InChI=1S/C20H26FNO3/c1-4-24-17-8-6-14(20(12-17)25-5-2)10-15(13-22)18-11-16(21)7-9-19(18)23-3/h6-9,11-12,15H,4-5,10,13,22H2,1-3H3. The lowest BCUT2D eigenvalue weighted by molar-refractivity contribution is 0.320. The van der Waals surface area contributed by atoms with Crippen LogP contribution >= 0.6 is 0 Å². The van der Waals surface area contributed by atoms with Crippen molar-refractivity contribution in [2.45, 2.75) is 26.2 Å². The van der Waals surface area contributed by atoms with Crippen LogP contribution in [-0.2, 0) is 6.42 Å². The first-order chi connectivity index (χ1) is 12.1. The van der Waals surface area contributed by atoms with Gasteiger partial charge < -0.3 is 19.9 Å². The molecule has 2 N–H and O–H groups in total. The summed E-state index contributed by atoms with van der Waals surface area (Å²) in [7, 11) is 1.58. The van der Waals surface area contributed by atoms with Crippen LogP contribution in [0.3, 0.4) is 0 Å². The number of hydrogen-bond acceptors (Lipinski definition) is 4. The predicted molar refractivity (Wildman–Crippen MR) is 97.2 cm³/mol. The molecular formula is C20H26FNO3. The molecular weight excluding hydrogens is 321 g/mol. The highest BCUT2D eigenvalue weighted by atomic mass is 19.1. The second-order valence-electron chi connectivity index (χ2n) is 5.66. The second kappa shape index (κ2) is 9.28. The first-order valence-corrected chi connectivity index (χ1v) is 8.54. The molecule has 0 aliphatic carbocycles. The predicted octanol–water partition coefficient (Wildman–Crippen LogP) is 3.92.